The third kappa shape index (κ3) is 3.64. The average molecular weight is 331 g/mol. The van der Waals surface area contributed by atoms with Gasteiger partial charge in [0.25, 0.3) is 0 Å². The fourth-order valence-electron chi connectivity index (χ4n) is 1.86. The normalized spacial score (nSPS) is 12.6. The molecule has 0 bridgehead atoms. The van der Waals surface area contributed by atoms with Gasteiger partial charge in [-0.2, -0.15) is 0 Å². The molecule has 2 rings (SSSR count). The lowest BCUT2D eigenvalue weighted by Gasteiger charge is -2.12. The first-order chi connectivity index (χ1) is 9.08. The van der Waals surface area contributed by atoms with Crippen LogP contribution in [0.25, 0.3) is 0 Å². The van der Waals surface area contributed by atoms with Gasteiger partial charge in [-0.25, -0.2) is 8.78 Å². The third-order valence-corrected chi connectivity index (χ3v) is 3.50. The molecule has 1 heterocycles. The maximum atomic E-state index is 13.7. The van der Waals surface area contributed by atoms with E-state index in [0.717, 1.165) is 5.76 Å². The molecule has 0 spiro atoms. The molecule has 5 heteroatoms. The highest BCUT2D eigenvalue weighted by molar-refractivity contribution is 9.10. The Morgan fingerprint density at radius 2 is 2.05 bits per heavy atom. The number of hydrogen-bond donors (Lipinski definition) is 1. The highest BCUT2D eigenvalue weighted by Crippen LogP contribution is 2.23. The summed E-state index contributed by atoms with van der Waals surface area (Å²) in [5.74, 6) is -0.552. The number of rotatable bonds is 5. The van der Waals surface area contributed by atoms with Gasteiger partial charge in [-0.15, -0.1) is 0 Å². The molecule has 1 unspecified atom stereocenters. The number of furan rings is 1. The van der Waals surface area contributed by atoms with E-state index >= 15 is 0 Å². The molecule has 0 saturated carbocycles. The van der Waals surface area contributed by atoms with Gasteiger partial charge >= 0.3 is 0 Å². The standard InChI is InChI=1S/C14H13BrF2O2/c15-12-5-6-13(16)11(14(12)17)8-9(18)3-4-10-2-1-7-19-10/h1-2,5-7,9,18H,3-4,8H2. The summed E-state index contributed by atoms with van der Waals surface area (Å²) >= 11 is 3.00. The Morgan fingerprint density at radius 1 is 1.26 bits per heavy atom. The van der Waals surface area contributed by atoms with Gasteiger partial charge in [0.1, 0.15) is 17.4 Å². The SMILES string of the molecule is OC(CCc1ccco1)Cc1c(F)ccc(Br)c1F. The molecule has 0 radical (unpaired) electrons. The zero-order valence-electron chi connectivity index (χ0n) is 10.1. The number of halogens is 3. The van der Waals surface area contributed by atoms with Crippen LogP contribution in [-0.4, -0.2) is 11.2 Å². The summed E-state index contributed by atoms with van der Waals surface area (Å²) in [4.78, 5) is 0. The van der Waals surface area contributed by atoms with Crippen LogP contribution < -0.4 is 0 Å². The second-order valence-corrected chi connectivity index (χ2v) is 5.15. The van der Waals surface area contributed by atoms with E-state index in [0.29, 0.717) is 12.8 Å². The zero-order valence-corrected chi connectivity index (χ0v) is 11.7. The third-order valence-electron chi connectivity index (χ3n) is 2.88. The Kier molecular flexibility index (Phi) is 4.71. The summed E-state index contributed by atoms with van der Waals surface area (Å²) in [5, 5.41) is 9.85. The van der Waals surface area contributed by atoms with Crippen molar-refractivity contribution < 1.29 is 18.3 Å². The zero-order chi connectivity index (χ0) is 13.8. The first-order valence-electron chi connectivity index (χ1n) is 5.90. The molecule has 1 atom stereocenters. The van der Waals surface area contributed by atoms with Crippen molar-refractivity contribution in [1.82, 2.24) is 0 Å². The number of hydrogen-bond acceptors (Lipinski definition) is 2. The van der Waals surface area contributed by atoms with E-state index in [1.54, 1.807) is 18.4 Å². The monoisotopic (exact) mass is 330 g/mol. The lowest BCUT2D eigenvalue weighted by Crippen LogP contribution is -2.14. The molecular formula is C14H13BrF2O2. The average Bonchev–Trinajstić information content (AvgIpc) is 2.90. The molecule has 0 aliphatic rings. The maximum Gasteiger partial charge on any atom is 0.143 e. The lowest BCUT2D eigenvalue weighted by molar-refractivity contribution is 0.160. The maximum absolute atomic E-state index is 13.7. The Morgan fingerprint density at radius 3 is 2.74 bits per heavy atom. The highest BCUT2D eigenvalue weighted by atomic mass is 79.9. The molecule has 0 amide bonds. The molecule has 2 aromatic rings. The number of aliphatic hydroxyl groups is 1. The molecule has 0 fully saturated rings. The van der Waals surface area contributed by atoms with Gasteiger partial charge in [0, 0.05) is 18.4 Å². The fraction of sp³-hybridized carbons (Fsp3) is 0.286. The summed E-state index contributed by atoms with van der Waals surface area (Å²) in [7, 11) is 0. The van der Waals surface area contributed by atoms with E-state index in [9.17, 15) is 13.9 Å². The molecule has 0 aliphatic heterocycles. The molecule has 2 nitrogen and oxygen atoms in total. The summed E-state index contributed by atoms with van der Waals surface area (Å²) < 4.78 is 32.6. The van der Waals surface area contributed by atoms with E-state index in [-0.39, 0.29) is 16.5 Å². The largest absolute Gasteiger partial charge is 0.469 e. The van der Waals surface area contributed by atoms with Gasteiger partial charge in [-0.1, -0.05) is 0 Å². The molecule has 0 saturated heterocycles. The predicted octanol–water partition coefficient (Wildman–Crippen LogP) is 3.86. The van der Waals surface area contributed by atoms with Gasteiger partial charge in [0.2, 0.25) is 0 Å². The van der Waals surface area contributed by atoms with Crippen LogP contribution in [0.4, 0.5) is 8.78 Å². The summed E-state index contributed by atoms with van der Waals surface area (Å²) in [6, 6.07) is 6.05. The van der Waals surface area contributed by atoms with Crippen LogP contribution in [0.5, 0.6) is 0 Å². The Hall–Kier alpha value is -1.20. The first kappa shape index (κ1) is 14.2. The van der Waals surface area contributed by atoms with E-state index in [2.05, 4.69) is 15.9 Å². The quantitative estimate of drug-likeness (QED) is 0.844. The molecule has 1 aromatic heterocycles. The smallest absolute Gasteiger partial charge is 0.143 e. The van der Waals surface area contributed by atoms with Crippen molar-refractivity contribution in [3.63, 3.8) is 0 Å². The fourth-order valence-corrected chi connectivity index (χ4v) is 2.23. The molecular weight excluding hydrogens is 318 g/mol. The summed E-state index contributed by atoms with van der Waals surface area (Å²) in [6.45, 7) is 0. The van der Waals surface area contributed by atoms with Crippen LogP contribution in [0.3, 0.4) is 0 Å². The van der Waals surface area contributed by atoms with Crippen LogP contribution in [0, 0.1) is 11.6 Å². The van der Waals surface area contributed by atoms with E-state index in [1.165, 1.54) is 12.1 Å². The topological polar surface area (TPSA) is 33.4 Å². The van der Waals surface area contributed by atoms with Gasteiger partial charge < -0.3 is 9.52 Å². The van der Waals surface area contributed by atoms with Crippen molar-refractivity contribution in [2.45, 2.75) is 25.4 Å². The predicted molar refractivity (Wildman–Crippen MR) is 70.8 cm³/mol. The van der Waals surface area contributed by atoms with Crippen molar-refractivity contribution in [1.29, 1.82) is 0 Å². The second kappa shape index (κ2) is 6.30. The first-order valence-corrected chi connectivity index (χ1v) is 6.70. The van der Waals surface area contributed by atoms with Gasteiger partial charge in [-0.3, -0.25) is 0 Å². The van der Waals surface area contributed by atoms with Crippen LogP contribution in [0.15, 0.2) is 39.4 Å². The van der Waals surface area contributed by atoms with Crippen LogP contribution in [0.1, 0.15) is 17.7 Å². The minimum absolute atomic E-state index is 0.0577. The molecule has 19 heavy (non-hydrogen) atoms. The second-order valence-electron chi connectivity index (χ2n) is 4.30. The molecule has 1 N–H and O–H groups in total. The van der Waals surface area contributed by atoms with E-state index in [1.807, 2.05) is 0 Å². The Balaban J connectivity index is 1.99. The number of aliphatic hydroxyl groups excluding tert-OH is 1. The summed E-state index contributed by atoms with van der Waals surface area (Å²) in [5.41, 5.74) is -0.0960. The van der Waals surface area contributed by atoms with Gasteiger partial charge in [0.15, 0.2) is 0 Å². The van der Waals surface area contributed by atoms with Crippen molar-refractivity contribution in [3.8, 4) is 0 Å². The molecule has 0 aliphatic carbocycles. The van der Waals surface area contributed by atoms with Gasteiger partial charge in [-0.05, 0) is 46.6 Å². The van der Waals surface area contributed by atoms with Crippen molar-refractivity contribution in [2.75, 3.05) is 0 Å². The van der Waals surface area contributed by atoms with Crippen LogP contribution in [0.2, 0.25) is 0 Å². The van der Waals surface area contributed by atoms with Crippen molar-refractivity contribution >= 4 is 15.9 Å². The molecule has 1 aromatic carbocycles. The van der Waals surface area contributed by atoms with Gasteiger partial charge in [0.05, 0.1) is 16.8 Å². The minimum atomic E-state index is -0.816. The highest BCUT2D eigenvalue weighted by Gasteiger charge is 2.16. The Bertz CT molecular complexity index is 541. The van der Waals surface area contributed by atoms with Crippen molar-refractivity contribution in [2.24, 2.45) is 0 Å². The van der Waals surface area contributed by atoms with E-state index in [4.69, 9.17) is 4.42 Å². The minimum Gasteiger partial charge on any atom is -0.469 e. The number of aryl methyl sites for hydroxylation is 1. The Labute approximate surface area is 118 Å². The van der Waals surface area contributed by atoms with Crippen molar-refractivity contribution in [3.05, 3.63) is 58.0 Å². The lowest BCUT2D eigenvalue weighted by atomic mass is 10.0. The van der Waals surface area contributed by atoms with Crippen LogP contribution >= 0.6 is 15.9 Å². The summed E-state index contributed by atoms with van der Waals surface area (Å²) in [6.07, 6.45) is 1.60. The molecule has 102 valence electrons. The number of benzene rings is 1. The van der Waals surface area contributed by atoms with E-state index < -0.39 is 17.7 Å². The van der Waals surface area contributed by atoms with Crippen LogP contribution in [-0.2, 0) is 12.8 Å².